The number of hydrogen-bond acceptors (Lipinski definition) is 4. The molecular weight excluding hydrogens is 332 g/mol. The quantitative estimate of drug-likeness (QED) is 0.814. The molecule has 0 saturated heterocycles. The standard InChI is InChI=1S/C13H15ClN2O3S2/c1-8(21(2)19)6-16-10-5-3-4-9(14)12(10)15-13(16)20-7-11(17)18/h3-5,8H,6-7H2,1-2H3,(H,17,18). The number of carbonyl (C=O) groups is 1. The van der Waals surface area contributed by atoms with Crippen molar-refractivity contribution in [3.63, 3.8) is 0 Å². The molecule has 0 aliphatic rings. The van der Waals surface area contributed by atoms with Gasteiger partial charge in [-0.1, -0.05) is 29.4 Å². The number of imidazole rings is 1. The number of rotatable bonds is 6. The van der Waals surface area contributed by atoms with Crippen molar-refractivity contribution in [3.05, 3.63) is 23.2 Å². The zero-order chi connectivity index (χ0) is 15.6. The molecule has 0 saturated carbocycles. The van der Waals surface area contributed by atoms with Gasteiger partial charge in [0.2, 0.25) is 0 Å². The Morgan fingerprint density at radius 1 is 1.57 bits per heavy atom. The number of thioether (sulfide) groups is 1. The lowest BCUT2D eigenvalue weighted by Gasteiger charge is -2.12. The second-order valence-electron chi connectivity index (χ2n) is 4.60. The smallest absolute Gasteiger partial charge is 0.313 e. The fourth-order valence-corrected chi connectivity index (χ4v) is 3.17. The van der Waals surface area contributed by atoms with Gasteiger partial charge >= 0.3 is 5.97 Å². The Morgan fingerprint density at radius 2 is 2.29 bits per heavy atom. The molecule has 2 unspecified atom stereocenters. The molecule has 2 aromatic rings. The van der Waals surface area contributed by atoms with E-state index in [0.29, 0.717) is 22.2 Å². The highest BCUT2D eigenvalue weighted by molar-refractivity contribution is 7.99. The van der Waals surface area contributed by atoms with Gasteiger partial charge in [-0.3, -0.25) is 9.00 Å². The molecule has 1 aromatic carbocycles. The molecule has 0 fully saturated rings. The minimum Gasteiger partial charge on any atom is -0.481 e. The van der Waals surface area contributed by atoms with E-state index < -0.39 is 16.8 Å². The van der Waals surface area contributed by atoms with Crippen LogP contribution in [0, 0.1) is 0 Å². The van der Waals surface area contributed by atoms with Crippen molar-refractivity contribution in [2.75, 3.05) is 12.0 Å². The molecule has 0 amide bonds. The van der Waals surface area contributed by atoms with Gasteiger partial charge in [0.05, 0.1) is 16.3 Å². The zero-order valence-corrected chi connectivity index (χ0v) is 14.0. The minimum atomic E-state index is -0.971. The normalized spacial score (nSPS) is 14.2. The second-order valence-corrected chi connectivity index (χ2v) is 7.76. The summed E-state index contributed by atoms with van der Waals surface area (Å²) in [5.41, 5.74) is 1.47. The number of carboxylic acid groups (broad SMARTS) is 1. The van der Waals surface area contributed by atoms with Crippen molar-refractivity contribution in [2.45, 2.75) is 23.9 Å². The zero-order valence-electron chi connectivity index (χ0n) is 11.6. The molecule has 21 heavy (non-hydrogen) atoms. The molecule has 1 aromatic heterocycles. The van der Waals surface area contributed by atoms with Gasteiger partial charge in [-0.2, -0.15) is 0 Å². The van der Waals surface area contributed by atoms with Gasteiger partial charge in [0.25, 0.3) is 0 Å². The summed E-state index contributed by atoms with van der Waals surface area (Å²) in [6.45, 7) is 2.39. The lowest BCUT2D eigenvalue weighted by atomic mass is 10.3. The van der Waals surface area contributed by atoms with Gasteiger partial charge in [0.15, 0.2) is 5.16 Å². The number of fused-ring (bicyclic) bond motifs is 1. The van der Waals surface area contributed by atoms with Crippen molar-refractivity contribution in [2.24, 2.45) is 0 Å². The maximum Gasteiger partial charge on any atom is 0.313 e. The number of aliphatic carboxylic acids is 1. The SMILES string of the molecule is CC(Cn1c(SCC(=O)O)nc2c(Cl)cccc21)S(C)=O. The third-order valence-corrected chi connectivity index (χ3v) is 5.57. The predicted molar refractivity (Wildman–Crippen MR) is 86.6 cm³/mol. The first-order chi connectivity index (χ1) is 9.90. The van der Waals surface area contributed by atoms with E-state index in [1.54, 1.807) is 12.3 Å². The van der Waals surface area contributed by atoms with E-state index in [-0.39, 0.29) is 11.0 Å². The van der Waals surface area contributed by atoms with E-state index in [1.807, 2.05) is 23.6 Å². The highest BCUT2D eigenvalue weighted by Gasteiger charge is 2.17. The molecule has 5 nitrogen and oxygen atoms in total. The molecule has 0 aliphatic heterocycles. The molecule has 2 atom stereocenters. The summed E-state index contributed by atoms with van der Waals surface area (Å²) in [5.74, 6) is -0.985. The second kappa shape index (κ2) is 6.81. The highest BCUT2D eigenvalue weighted by Crippen LogP contribution is 2.29. The summed E-state index contributed by atoms with van der Waals surface area (Å²) >= 11 is 7.28. The first kappa shape index (κ1) is 16.3. The van der Waals surface area contributed by atoms with Crippen molar-refractivity contribution in [3.8, 4) is 0 Å². The maximum atomic E-state index is 11.6. The Kier molecular flexibility index (Phi) is 5.29. The largest absolute Gasteiger partial charge is 0.481 e. The lowest BCUT2D eigenvalue weighted by molar-refractivity contribution is -0.133. The highest BCUT2D eigenvalue weighted by atomic mass is 35.5. The van der Waals surface area contributed by atoms with Crippen LogP contribution in [-0.4, -0.2) is 42.1 Å². The maximum absolute atomic E-state index is 11.6. The van der Waals surface area contributed by atoms with E-state index >= 15 is 0 Å². The third-order valence-electron chi connectivity index (χ3n) is 3.03. The van der Waals surface area contributed by atoms with E-state index in [4.69, 9.17) is 16.7 Å². The number of para-hydroxylation sites is 1. The van der Waals surface area contributed by atoms with E-state index in [1.165, 1.54) is 0 Å². The molecule has 0 spiro atoms. The van der Waals surface area contributed by atoms with Crippen molar-refractivity contribution >= 4 is 51.2 Å². The topological polar surface area (TPSA) is 72.2 Å². The number of nitrogens with zero attached hydrogens (tertiary/aromatic N) is 2. The molecular formula is C13H15ClN2O3S2. The monoisotopic (exact) mass is 346 g/mol. The van der Waals surface area contributed by atoms with Crippen LogP contribution in [0.4, 0.5) is 0 Å². The van der Waals surface area contributed by atoms with Gasteiger partial charge in [0, 0.05) is 28.9 Å². The van der Waals surface area contributed by atoms with Crippen LogP contribution in [0.25, 0.3) is 11.0 Å². The Morgan fingerprint density at radius 3 is 2.90 bits per heavy atom. The van der Waals surface area contributed by atoms with Crippen molar-refractivity contribution in [1.29, 1.82) is 0 Å². The summed E-state index contributed by atoms with van der Waals surface area (Å²) in [6.07, 6.45) is 1.65. The van der Waals surface area contributed by atoms with Gasteiger partial charge in [-0.25, -0.2) is 4.98 Å². The molecule has 2 rings (SSSR count). The van der Waals surface area contributed by atoms with Crippen molar-refractivity contribution < 1.29 is 14.1 Å². The molecule has 0 radical (unpaired) electrons. The molecule has 1 N–H and O–H groups in total. The fraction of sp³-hybridized carbons (Fsp3) is 0.385. The number of halogens is 1. The van der Waals surface area contributed by atoms with Crippen LogP contribution in [0.5, 0.6) is 0 Å². The average molecular weight is 347 g/mol. The Labute approximate surface area is 134 Å². The minimum absolute atomic E-state index is 0.0643. The number of aromatic nitrogens is 2. The lowest BCUT2D eigenvalue weighted by Crippen LogP contribution is -2.18. The summed E-state index contributed by atoms with van der Waals surface area (Å²) in [7, 11) is -0.971. The predicted octanol–water partition coefficient (Wildman–Crippen LogP) is 2.63. The Hall–Kier alpha value is -1.05. The molecule has 0 bridgehead atoms. The van der Waals surface area contributed by atoms with E-state index in [9.17, 15) is 9.00 Å². The fourth-order valence-electron chi connectivity index (χ4n) is 1.87. The number of carboxylic acids is 1. The first-order valence-corrected chi connectivity index (χ1v) is 9.20. The van der Waals surface area contributed by atoms with Crippen LogP contribution < -0.4 is 0 Å². The summed E-state index contributed by atoms with van der Waals surface area (Å²) in [4.78, 5) is 15.2. The molecule has 114 valence electrons. The van der Waals surface area contributed by atoms with Gasteiger partial charge < -0.3 is 9.67 Å². The molecule has 8 heteroatoms. The van der Waals surface area contributed by atoms with Gasteiger partial charge in [0.1, 0.15) is 5.52 Å². The summed E-state index contributed by atoms with van der Waals surface area (Å²) in [5, 5.41) is 9.87. The third kappa shape index (κ3) is 3.78. The van der Waals surface area contributed by atoms with Crippen LogP contribution in [0.2, 0.25) is 5.02 Å². The van der Waals surface area contributed by atoms with Crippen LogP contribution in [0.1, 0.15) is 6.92 Å². The summed E-state index contributed by atoms with van der Waals surface area (Å²) in [6, 6.07) is 5.45. The average Bonchev–Trinajstić information content (AvgIpc) is 2.76. The molecule has 0 aliphatic carbocycles. The summed E-state index contributed by atoms with van der Waals surface area (Å²) < 4.78 is 13.5. The van der Waals surface area contributed by atoms with Crippen LogP contribution in [-0.2, 0) is 22.1 Å². The van der Waals surface area contributed by atoms with Crippen molar-refractivity contribution in [1.82, 2.24) is 9.55 Å². The van der Waals surface area contributed by atoms with Crippen LogP contribution in [0.15, 0.2) is 23.4 Å². The molecule has 1 heterocycles. The Bertz CT molecular complexity index is 702. The van der Waals surface area contributed by atoms with E-state index in [0.717, 1.165) is 17.3 Å². The first-order valence-electron chi connectivity index (χ1n) is 6.21. The number of hydrogen-bond donors (Lipinski definition) is 1. The van der Waals surface area contributed by atoms with Gasteiger partial charge in [-0.15, -0.1) is 0 Å². The van der Waals surface area contributed by atoms with Gasteiger partial charge in [-0.05, 0) is 19.1 Å². The Balaban J connectivity index is 2.46. The van der Waals surface area contributed by atoms with E-state index in [2.05, 4.69) is 4.98 Å². The van der Waals surface area contributed by atoms with Crippen LogP contribution >= 0.6 is 23.4 Å². The number of benzene rings is 1. The van der Waals surface area contributed by atoms with Crippen LogP contribution in [0.3, 0.4) is 0 Å².